The van der Waals surface area contributed by atoms with Gasteiger partial charge in [-0.15, -0.1) is 0 Å². The first kappa shape index (κ1) is 19.9. The molecule has 0 fully saturated rings. The lowest BCUT2D eigenvalue weighted by atomic mass is 10.0. The molecule has 0 radical (unpaired) electrons. The minimum Gasteiger partial charge on any atom is -0.465 e. The highest BCUT2D eigenvalue weighted by molar-refractivity contribution is 7.16. The first-order chi connectivity index (χ1) is 13.4. The smallest absolute Gasteiger partial charge is 0.326 e. The van der Waals surface area contributed by atoms with E-state index in [0.717, 1.165) is 15.8 Å². The van der Waals surface area contributed by atoms with E-state index in [1.54, 1.807) is 11.5 Å². The zero-order valence-electron chi connectivity index (χ0n) is 15.9. The summed E-state index contributed by atoms with van der Waals surface area (Å²) in [5, 5.41) is 0. The third kappa shape index (κ3) is 4.36. The zero-order chi connectivity index (χ0) is 20.3. The maximum atomic E-state index is 13.1. The van der Waals surface area contributed by atoms with Crippen LogP contribution in [0.5, 0.6) is 0 Å². The van der Waals surface area contributed by atoms with Gasteiger partial charge in [0.2, 0.25) is 0 Å². The third-order valence-electron chi connectivity index (χ3n) is 4.25. The first-order valence-corrected chi connectivity index (χ1v) is 9.84. The number of fused-ring (bicyclic) bond motifs is 1. The van der Waals surface area contributed by atoms with E-state index in [2.05, 4.69) is 18.8 Å². The van der Waals surface area contributed by atoms with Gasteiger partial charge in [-0.05, 0) is 54.8 Å². The summed E-state index contributed by atoms with van der Waals surface area (Å²) < 4.78 is 20.8. The van der Waals surface area contributed by atoms with Crippen LogP contribution >= 0.6 is 11.3 Å². The van der Waals surface area contributed by atoms with Gasteiger partial charge < -0.3 is 9.30 Å². The van der Waals surface area contributed by atoms with Gasteiger partial charge in [-0.2, -0.15) is 4.99 Å². The largest absolute Gasteiger partial charge is 0.465 e. The maximum absolute atomic E-state index is 13.1. The molecular formula is C21H21FN2O3S. The van der Waals surface area contributed by atoms with E-state index >= 15 is 0 Å². The first-order valence-electron chi connectivity index (χ1n) is 9.02. The van der Waals surface area contributed by atoms with Gasteiger partial charge in [0.1, 0.15) is 12.4 Å². The predicted molar refractivity (Wildman–Crippen MR) is 107 cm³/mol. The van der Waals surface area contributed by atoms with Crippen molar-refractivity contribution < 1.29 is 18.7 Å². The molecule has 0 aliphatic heterocycles. The fourth-order valence-corrected chi connectivity index (χ4v) is 3.84. The van der Waals surface area contributed by atoms with E-state index in [1.165, 1.54) is 35.6 Å². The number of hydrogen-bond acceptors (Lipinski definition) is 4. The Bertz CT molecular complexity index is 1080. The van der Waals surface area contributed by atoms with Crippen molar-refractivity contribution in [2.75, 3.05) is 6.61 Å². The van der Waals surface area contributed by atoms with Crippen LogP contribution in [-0.4, -0.2) is 23.1 Å². The highest BCUT2D eigenvalue weighted by Gasteiger charge is 2.14. The normalized spacial score (nSPS) is 12.0. The Morgan fingerprint density at radius 3 is 2.54 bits per heavy atom. The summed E-state index contributed by atoms with van der Waals surface area (Å²) in [7, 11) is 0. The number of hydrogen-bond donors (Lipinski definition) is 0. The lowest BCUT2D eigenvalue weighted by molar-refractivity contribution is -0.143. The summed E-state index contributed by atoms with van der Waals surface area (Å²) in [5.74, 6) is -0.956. The average molecular weight is 400 g/mol. The maximum Gasteiger partial charge on any atom is 0.326 e. The van der Waals surface area contributed by atoms with E-state index in [0.29, 0.717) is 10.7 Å². The van der Waals surface area contributed by atoms with Gasteiger partial charge in [0.25, 0.3) is 5.91 Å². The van der Waals surface area contributed by atoms with Crippen LogP contribution < -0.4 is 4.80 Å². The SMILES string of the molecule is CCOC(=O)Cn1c(=NC(=O)c2ccc(F)cc2)sc2cc(C(C)C)ccc21. The van der Waals surface area contributed by atoms with Crippen LogP contribution in [0.2, 0.25) is 0 Å². The van der Waals surface area contributed by atoms with Crippen molar-refractivity contribution >= 4 is 33.4 Å². The van der Waals surface area contributed by atoms with Crippen molar-refractivity contribution in [2.24, 2.45) is 4.99 Å². The van der Waals surface area contributed by atoms with Crippen molar-refractivity contribution in [3.8, 4) is 0 Å². The molecule has 5 nitrogen and oxygen atoms in total. The molecule has 0 spiro atoms. The number of halogens is 1. The van der Waals surface area contributed by atoms with Crippen LogP contribution in [0.1, 0.15) is 42.6 Å². The Balaban J connectivity index is 2.11. The van der Waals surface area contributed by atoms with Crippen LogP contribution in [0.25, 0.3) is 10.2 Å². The summed E-state index contributed by atoms with van der Waals surface area (Å²) in [6, 6.07) is 11.2. The minimum absolute atomic E-state index is 0.0373. The third-order valence-corrected chi connectivity index (χ3v) is 5.30. The van der Waals surface area contributed by atoms with Gasteiger partial charge in [0.15, 0.2) is 4.80 Å². The highest BCUT2D eigenvalue weighted by atomic mass is 32.1. The molecule has 28 heavy (non-hydrogen) atoms. The Morgan fingerprint density at radius 2 is 1.89 bits per heavy atom. The molecule has 0 bridgehead atoms. The number of amides is 1. The van der Waals surface area contributed by atoms with Crippen LogP contribution in [-0.2, 0) is 16.1 Å². The standard InChI is InChI=1S/C21H21FN2O3S/c1-4-27-19(25)12-24-17-10-7-15(13(2)3)11-18(17)28-21(24)23-20(26)14-5-8-16(22)9-6-14/h5-11,13H,4,12H2,1-3H3. The molecule has 0 unspecified atom stereocenters. The molecule has 0 aliphatic rings. The number of carbonyl (C=O) groups excluding carboxylic acids is 2. The van der Waals surface area contributed by atoms with E-state index in [-0.39, 0.29) is 18.7 Å². The van der Waals surface area contributed by atoms with Crippen molar-refractivity contribution in [1.29, 1.82) is 0 Å². The van der Waals surface area contributed by atoms with Gasteiger partial charge in [-0.25, -0.2) is 4.39 Å². The molecule has 146 valence electrons. The Hall–Kier alpha value is -2.80. The van der Waals surface area contributed by atoms with Crippen molar-refractivity contribution in [2.45, 2.75) is 33.2 Å². The van der Waals surface area contributed by atoms with Crippen LogP contribution in [0.15, 0.2) is 47.5 Å². The van der Waals surface area contributed by atoms with Crippen molar-refractivity contribution in [1.82, 2.24) is 4.57 Å². The molecule has 0 aliphatic carbocycles. The Morgan fingerprint density at radius 1 is 1.18 bits per heavy atom. The molecular weight excluding hydrogens is 379 g/mol. The predicted octanol–water partition coefficient (Wildman–Crippen LogP) is 4.27. The molecule has 0 saturated heterocycles. The molecule has 1 aromatic heterocycles. The van der Waals surface area contributed by atoms with Crippen molar-refractivity contribution in [3.05, 3.63) is 64.2 Å². The van der Waals surface area contributed by atoms with Gasteiger partial charge in [-0.3, -0.25) is 9.59 Å². The quantitative estimate of drug-likeness (QED) is 0.601. The number of nitrogens with zero attached hydrogens (tertiary/aromatic N) is 2. The lowest BCUT2D eigenvalue weighted by Gasteiger charge is -2.07. The van der Waals surface area contributed by atoms with E-state index in [4.69, 9.17) is 4.74 Å². The van der Waals surface area contributed by atoms with Gasteiger partial charge in [0, 0.05) is 5.56 Å². The molecule has 1 heterocycles. The second kappa shape index (κ2) is 8.48. The second-order valence-electron chi connectivity index (χ2n) is 6.58. The number of carbonyl (C=O) groups is 2. The van der Waals surface area contributed by atoms with E-state index in [1.807, 2.05) is 18.2 Å². The van der Waals surface area contributed by atoms with E-state index < -0.39 is 17.7 Å². The topological polar surface area (TPSA) is 60.7 Å². The molecule has 7 heteroatoms. The molecule has 0 saturated carbocycles. The zero-order valence-corrected chi connectivity index (χ0v) is 16.8. The number of aromatic nitrogens is 1. The molecule has 3 rings (SSSR count). The number of rotatable bonds is 5. The minimum atomic E-state index is -0.492. The summed E-state index contributed by atoms with van der Waals surface area (Å²) >= 11 is 1.34. The molecule has 3 aromatic rings. The fourth-order valence-electron chi connectivity index (χ4n) is 2.77. The molecule has 0 atom stereocenters. The van der Waals surface area contributed by atoms with Gasteiger partial charge in [-0.1, -0.05) is 31.3 Å². The van der Waals surface area contributed by atoms with Crippen LogP contribution in [0.4, 0.5) is 4.39 Å². The number of benzene rings is 2. The van der Waals surface area contributed by atoms with Gasteiger partial charge in [0.05, 0.1) is 16.8 Å². The van der Waals surface area contributed by atoms with Crippen LogP contribution in [0, 0.1) is 5.82 Å². The summed E-state index contributed by atoms with van der Waals surface area (Å²) in [4.78, 5) is 29.2. The summed E-state index contributed by atoms with van der Waals surface area (Å²) in [6.45, 7) is 6.19. The van der Waals surface area contributed by atoms with Crippen LogP contribution in [0.3, 0.4) is 0 Å². The number of ether oxygens (including phenoxy) is 1. The monoisotopic (exact) mass is 400 g/mol. The lowest BCUT2D eigenvalue weighted by Crippen LogP contribution is -2.23. The Labute approximate surface area is 166 Å². The number of esters is 1. The number of thiazole rings is 1. The molecule has 0 N–H and O–H groups in total. The highest BCUT2D eigenvalue weighted by Crippen LogP contribution is 2.23. The molecule has 2 aromatic carbocycles. The fraction of sp³-hybridized carbons (Fsp3) is 0.286. The second-order valence-corrected chi connectivity index (χ2v) is 7.59. The molecule has 1 amide bonds. The summed E-state index contributed by atoms with van der Waals surface area (Å²) in [6.07, 6.45) is 0. The average Bonchev–Trinajstić information content (AvgIpc) is 2.98. The summed E-state index contributed by atoms with van der Waals surface area (Å²) in [5.41, 5.74) is 2.26. The van der Waals surface area contributed by atoms with Gasteiger partial charge >= 0.3 is 5.97 Å². The Kier molecular flexibility index (Phi) is 6.04. The van der Waals surface area contributed by atoms with Crippen molar-refractivity contribution in [3.63, 3.8) is 0 Å². The van der Waals surface area contributed by atoms with E-state index in [9.17, 15) is 14.0 Å².